The first-order valence-corrected chi connectivity index (χ1v) is 13.9. The summed E-state index contributed by atoms with van der Waals surface area (Å²) >= 11 is 0. The van der Waals surface area contributed by atoms with E-state index in [9.17, 15) is 14.4 Å². The fourth-order valence-corrected chi connectivity index (χ4v) is 4.36. The van der Waals surface area contributed by atoms with Crippen LogP contribution in [0.5, 0.6) is 23.0 Å². The SMILES string of the molecule is CCC(CC)C(=O)Oc1c(OC)ccnc1C(=O)N[C@@H](C)C(=O)OC(C)=C(c1ccc(OC)cc1)c1ccc(OC)cc1. The number of methoxy groups -OCH3 is 3. The van der Waals surface area contributed by atoms with Crippen molar-refractivity contribution in [2.45, 2.75) is 46.6 Å². The van der Waals surface area contributed by atoms with Gasteiger partial charge in [0, 0.05) is 17.8 Å². The fourth-order valence-electron chi connectivity index (χ4n) is 4.36. The molecule has 1 amide bonds. The number of amides is 1. The Morgan fingerprint density at radius 2 is 1.33 bits per heavy atom. The van der Waals surface area contributed by atoms with E-state index >= 15 is 0 Å². The van der Waals surface area contributed by atoms with Gasteiger partial charge in [-0.1, -0.05) is 38.1 Å². The van der Waals surface area contributed by atoms with Gasteiger partial charge in [-0.15, -0.1) is 0 Å². The molecule has 1 heterocycles. The first-order valence-electron chi connectivity index (χ1n) is 13.9. The highest BCUT2D eigenvalue weighted by Gasteiger charge is 2.27. The third kappa shape index (κ3) is 8.12. The van der Waals surface area contributed by atoms with Crippen molar-refractivity contribution in [1.29, 1.82) is 0 Å². The summed E-state index contributed by atoms with van der Waals surface area (Å²) in [6, 6.07) is 15.1. The molecular formula is C33H38N2O8. The van der Waals surface area contributed by atoms with Crippen molar-refractivity contribution < 1.29 is 38.1 Å². The lowest BCUT2D eigenvalue weighted by molar-refractivity contribution is -0.141. The second-order valence-electron chi connectivity index (χ2n) is 9.63. The van der Waals surface area contributed by atoms with E-state index in [2.05, 4.69) is 10.3 Å². The number of aromatic nitrogens is 1. The van der Waals surface area contributed by atoms with Gasteiger partial charge in [-0.25, -0.2) is 9.78 Å². The molecule has 10 nitrogen and oxygen atoms in total. The predicted molar refractivity (Wildman–Crippen MR) is 161 cm³/mol. The minimum Gasteiger partial charge on any atom is -0.497 e. The first kappa shape index (κ1) is 32.7. The molecule has 0 saturated heterocycles. The van der Waals surface area contributed by atoms with Gasteiger partial charge >= 0.3 is 11.9 Å². The van der Waals surface area contributed by atoms with E-state index in [0.717, 1.165) is 11.1 Å². The van der Waals surface area contributed by atoms with Gasteiger partial charge in [0.05, 0.1) is 27.2 Å². The molecule has 1 atom stereocenters. The minimum atomic E-state index is -1.08. The number of nitrogens with zero attached hydrogens (tertiary/aromatic N) is 1. The lowest BCUT2D eigenvalue weighted by Crippen LogP contribution is -2.40. The molecule has 0 aliphatic rings. The van der Waals surface area contributed by atoms with Gasteiger partial charge in [-0.3, -0.25) is 9.59 Å². The summed E-state index contributed by atoms with van der Waals surface area (Å²) in [5, 5.41) is 2.59. The lowest BCUT2D eigenvalue weighted by atomic mass is 9.96. The van der Waals surface area contributed by atoms with Crippen molar-refractivity contribution in [3.63, 3.8) is 0 Å². The summed E-state index contributed by atoms with van der Waals surface area (Å²) in [7, 11) is 4.56. The van der Waals surface area contributed by atoms with E-state index in [1.165, 1.54) is 26.3 Å². The quantitative estimate of drug-likeness (QED) is 0.200. The van der Waals surface area contributed by atoms with E-state index in [0.29, 0.717) is 35.7 Å². The van der Waals surface area contributed by atoms with E-state index in [-0.39, 0.29) is 23.1 Å². The Kier molecular flexibility index (Phi) is 11.7. The van der Waals surface area contributed by atoms with Crippen molar-refractivity contribution in [2.75, 3.05) is 21.3 Å². The molecule has 0 saturated carbocycles. The van der Waals surface area contributed by atoms with Crippen LogP contribution in [0.25, 0.3) is 5.57 Å². The van der Waals surface area contributed by atoms with Crippen LogP contribution in [0.3, 0.4) is 0 Å². The molecule has 0 fully saturated rings. The number of allylic oxidation sites excluding steroid dienone is 1. The molecule has 1 N–H and O–H groups in total. The maximum atomic E-state index is 13.3. The summed E-state index contributed by atoms with van der Waals surface area (Å²) in [5.74, 6) is -0.556. The number of carbonyl (C=O) groups is 3. The number of hydrogen-bond donors (Lipinski definition) is 1. The van der Waals surface area contributed by atoms with Crippen LogP contribution >= 0.6 is 0 Å². The third-order valence-corrected chi connectivity index (χ3v) is 6.89. The Morgan fingerprint density at radius 1 is 0.791 bits per heavy atom. The van der Waals surface area contributed by atoms with Crippen LogP contribution in [-0.4, -0.2) is 50.2 Å². The zero-order chi connectivity index (χ0) is 31.5. The number of ether oxygens (including phenoxy) is 5. The summed E-state index contributed by atoms with van der Waals surface area (Å²) in [4.78, 5) is 43.3. The molecule has 0 radical (unpaired) electrons. The Balaban J connectivity index is 1.87. The second-order valence-corrected chi connectivity index (χ2v) is 9.63. The molecule has 2 aromatic carbocycles. The predicted octanol–water partition coefficient (Wildman–Crippen LogP) is 5.59. The van der Waals surface area contributed by atoms with Gasteiger partial charge < -0.3 is 29.0 Å². The van der Waals surface area contributed by atoms with Gasteiger partial charge in [0.15, 0.2) is 11.4 Å². The van der Waals surface area contributed by atoms with E-state index in [1.807, 2.05) is 62.4 Å². The number of nitrogens with one attached hydrogen (secondary N) is 1. The van der Waals surface area contributed by atoms with Crippen LogP contribution in [-0.2, 0) is 14.3 Å². The molecule has 0 bridgehead atoms. The summed E-state index contributed by atoms with van der Waals surface area (Å²) < 4.78 is 27.2. The van der Waals surface area contributed by atoms with Crippen molar-refractivity contribution in [2.24, 2.45) is 5.92 Å². The molecule has 1 aromatic heterocycles. The minimum absolute atomic E-state index is 0.114. The highest BCUT2D eigenvalue weighted by Crippen LogP contribution is 2.32. The largest absolute Gasteiger partial charge is 0.497 e. The molecule has 228 valence electrons. The second kappa shape index (κ2) is 15.4. The van der Waals surface area contributed by atoms with Crippen LogP contribution < -0.4 is 24.3 Å². The van der Waals surface area contributed by atoms with Crippen molar-refractivity contribution in [1.82, 2.24) is 10.3 Å². The molecule has 10 heteroatoms. The smallest absolute Gasteiger partial charge is 0.333 e. The van der Waals surface area contributed by atoms with E-state index in [4.69, 9.17) is 23.7 Å². The Bertz CT molecular complexity index is 1400. The molecule has 3 rings (SSSR count). The maximum Gasteiger partial charge on any atom is 0.333 e. The number of pyridine rings is 1. The summed E-state index contributed by atoms with van der Waals surface area (Å²) in [5.41, 5.74) is 2.06. The number of esters is 2. The van der Waals surface area contributed by atoms with Gasteiger partial charge in [0.1, 0.15) is 23.3 Å². The van der Waals surface area contributed by atoms with Crippen molar-refractivity contribution >= 4 is 23.4 Å². The zero-order valence-electron chi connectivity index (χ0n) is 25.6. The average molecular weight is 591 g/mol. The Labute approximate surface area is 252 Å². The molecule has 3 aromatic rings. The number of carbonyl (C=O) groups excluding carboxylic acids is 3. The average Bonchev–Trinajstić information content (AvgIpc) is 3.02. The number of benzene rings is 2. The van der Waals surface area contributed by atoms with Crippen molar-refractivity contribution in [3.8, 4) is 23.0 Å². The molecular weight excluding hydrogens is 552 g/mol. The molecule has 43 heavy (non-hydrogen) atoms. The standard InChI is InChI=1S/C33H38N2O8/c1-8-22(9-2)33(38)43-30-27(41-7)18-19-34-29(30)31(36)35-20(3)32(37)42-21(4)28(23-10-14-25(39-5)15-11-23)24-12-16-26(40-6)17-13-24/h10-20,22H,8-9H2,1-7H3,(H,35,36)/t20-/m0/s1. The highest BCUT2D eigenvalue weighted by atomic mass is 16.6. The lowest BCUT2D eigenvalue weighted by Gasteiger charge is -2.18. The van der Waals surface area contributed by atoms with Crippen LogP contribution in [0, 0.1) is 5.92 Å². The first-order chi connectivity index (χ1) is 20.7. The zero-order valence-corrected chi connectivity index (χ0v) is 25.6. The number of rotatable bonds is 13. The van der Waals surface area contributed by atoms with Crippen LogP contribution in [0.15, 0.2) is 66.6 Å². The van der Waals surface area contributed by atoms with Gasteiger partial charge in [-0.2, -0.15) is 0 Å². The Morgan fingerprint density at radius 3 is 1.79 bits per heavy atom. The van der Waals surface area contributed by atoms with Crippen LogP contribution in [0.1, 0.15) is 62.2 Å². The maximum absolute atomic E-state index is 13.3. The van der Waals surface area contributed by atoms with Gasteiger partial charge in [0.25, 0.3) is 5.91 Å². The summed E-state index contributed by atoms with van der Waals surface area (Å²) in [6.45, 7) is 6.92. The number of hydrogen-bond acceptors (Lipinski definition) is 9. The van der Waals surface area contributed by atoms with Crippen LogP contribution in [0.2, 0.25) is 0 Å². The molecule has 0 aliphatic heterocycles. The summed E-state index contributed by atoms with van der Waals surface area (Å²) in [6.07, 6.45) is 2.50. The monoisotopic (exact) mass is 590 g/mol. The normalized spacial score (nSPS) is 11.3. The van der Waals surface area contributed by atoms with E-state index in [1.54, 1.807) is 21.1 Å². The highest BCUT2D eigenvalue weighted by molar-refractivity contribution is 5.99. The third-order valence-electron chi connectivity index (χ3n) is 6.89. The molecule has 0 unspecified atom stereocenters. The topological polar surface area (TPSA) is 122 Å². The van der Waals surface area contributed by atoms with E-state index < -0.39 is 23.9 Å². The molecule has 0 aliphatic carbocycles. The van der Waals surface area contributed by atoms with Gasteiger partial charge in [-0.05, 0) is 62.1 Å². The fraction of sp³-hybridized carbons (Fsp3) is 0.333. The Hall–Kier alpha value is -4.86. The van der Waals surface area contributed by atoms with Crippen LogP contribution in [0.4, 0.5) is 0 Å². The molecule has 0 spiro atoms. The van der Waals surface area contributed by atoms with Gasteiger partial charge in [0.2, 0.25) is 5.75 Å². The van der Waals surface area contributed by atoms with Crippen molar-refractivity contribution in [3.05, 3.63) is 83.4 Å².